The molecular weight excluding hydrogens is 241 g/mol. The summed E-state index contributed by atoms with van der Waals surface area (Å²) >= 11 is 11.3. The third-order valence-electron chi connectivity index (χ3n) is 1.44. The summed E-state index contributed by atoms with van der Waals surface area (Å²) in [6.45, 7) is 0. The van der Waals surface area contributed by atoms with Crippen LogP contribution in [0.3, 0.4) is 0 Å². The number of benzene rings is 1. The molecule has 0 heterocycles. The summed E-state index contributed by atoms with van der Waals surface area (Å²) in [4.78, 5) is 10.3. The molecule has 15 heavy (non-hydrogen) atoms. The lowest BCUT2D eigenvalue weighted by Crippen LogP contribution is -2.24. The Morgan fingerprint density at radius 1 is 1.53 bits per heavy atom. The Morgan fingerprint density at radius 2 is 2.20 bits per heavy atom. The van der Waals surface area contributed by atoms with Gasteiger partial charge in [-0.1, -0.05) is 23.2 Å². The number of rotatable bonds is 2. The predicted octanol–water partition coefficient (Wildman–Crippen LogP) is 1.70. The van der Waals surface area contributed by atoms with Gasteiger partial charge in [0.1, 0.15) is 5.75 Å². The standard InChI is InChI=1S/C8H7Cl2N3O2/c9-5-1-4(3-12-13-8(11)15)7(14)6(10)2-5/h1-3,14H,(H3,11,13,15)/b12-3+. The first-order valence-electron chi connectivity index (χ1n) is 3.77. The summed E-state index contributed by atoms with van der Waals surface area (Å²) in [6.07, 6.45) is 1.18. The molecule has 0 aliphatic heterocycles. The van der Waals surface area contributed by atoms with Gasteiger partial charge in [0.2, 0.25) is 0 Å². The number of halogens is 2. The van der Waals surface area contributed by atoms with Gasteiger partial charge >= 0.3 is 6.03 Å². The Morgan fingerprint density at radius 3 is 2.80 bits per heavy atom. The van der Waals surface area contributed by atoms with E-state index in [4.69, 9.17) is 28.9 Å². The molecule has 0 radical (unpaired) electrons. The normalized spacial score (nSPS) is 10.5. The van der Waals surface area contributed by atoms with Crippen LogP contribution in [0.15, 0.2) is 17.2 Å². The number of urea groups is 1. The quantitative estimate of drug-likeness (QED) is 0.549. The average Bonchev–Trinajstić information content (AvgIpc) is 2.12. The molecule has 0 saturated heterocycles. The summed E-state index contributed by atoms with van der Waals surface area (Å²) in [5.74, 6) is -0.170. The molecule has 1 rings (SSSR count). The largest absolute Gasteiger partial charge is 0.506 e. The Bertz CT molecular complexity index is 421. The molecule has 5 nitrogen and oxygen atoms in total. The highest BCUT2D eigenvalue weighted by Gasteiger charge is 2.05. The monoisotopic (exact) mass is 247 g/mol. The van der Waals surface area contributed by atoms with Crippen molar-refractivity contribution >= 4 is 35.4 Å². The van der Waals surface area contributed by atoms with Crippen LogP contribution in [0.5, 0.6) is 5.75 Å². The lowest BCUT2D eigenvalue weighted by molar-refractivity contribution is 0.249. The van der Waals surface area contributed by atoms with E-state index in [2.05, 4.69) is 5.10 Å². The minimum Gasteiger partial charge on any atom is -0.506 e. The second-order valence-corrected chi connectivity index (χ2v) is 3.40. The minimum absolute atomic E-state index is 0.100. The van der Waals surface area contributed by atoms with Crippen LogP contribution in [0.4, 0.5) is 4.79 Å². The molecule has 1 aromatic carbocycles. The third kappa shape index (κ3) is 3.30. The number of hydrogen-bond acceptors (Lipinski definition) is 3. The first kappa shape index (κ1) is 11.6. The third-order valence-corrected chi connectivity index (χ3v) is 1.94. The van der Waals surface area contributed by atoms with Crippen LogP contribution in [0.25, 0.3) is 0 Å². The van der Waals surface area contributed by atoms with Gasteiger partial charge in [-0.15, -0.1) is 0 Å². The van der Waals surface area contributed by atoms with Crippen molar-refractivity contribution in [1.82, 2.24) is 5.43 Å². The summed E-state index contributed by atoms with van der Waals surface area (Å²) in [5.41, 5.74) is 7.03. The molecule has 0 aliphatic carbocycles. The van der Waals surface area contributed by atoms with Crippen LogP contribution in [0, 0.1) is 0 Å². The van der Waals surface area contributed by atoms with E-state index < -0.39 is 6.03 Å². The molecular formula is C8H7Cl2N3O2. The number of phenols is 1. The number of hydrazone groups is 1. The van der Waals surface area contributed by atoms with E-state index in [-0.39, 0.29) is 16.3 Å². The van der Waals surface area contributed by atoms with Gasteiger partial charge in [-0.3, -0.25) is 0 Å². The van der Waals surface area contributed by atoms with E-state index >= 15 is 0 Å². The topological polar surface area (TPSA) is 87.7 Å². The van der Waals surface area contributed by atoms with E-state index in [1.807, 2.05) is 5.43 Å². The van der Waals surface area contributed by atoms with Gasteiger partial charge in [-0.05, 0) is 12.1 Å². The fourth-order valence-electron chi connectivity index (χ4n) is 0.850. The summed E-state index contributed by atoms with van der Waals surface area (Å²) in [5, 5.41) is 13.4. The molecule has 0 atom stereocenters. The molecule has 1 aromatic rings. The number of hydrogen-bond donors (Lipinski definition) is 3. The minimum atomic E-state index is -0.807. The van der Waals surface area contributed by atoms with E-state index in [1.165, 1.54) is 18.3 Å². The summed E-state index contributed by atoms with van der Waals surface area (Å²) in [7, 11) is 0. The van der Waals surface area contributed by atoms with Gasteiger partial charge in [0.15, 0.2) is 0 Å². The van der Waals surface area contributed by atoms with Crippen molar-refractivity contribution in [2.45, 2.75) is 0 Å². The van der Waals surface area contributed by atoms with Crippen molar-refractivity contribution in [3.8, 4) is 5.75 Å². The second-order valence-electron chi connectivity index (χ2n) is 2.56. The number of aromatic hydroxyl groups is 1. The van der Waals surface area contributed by atoms with Gasteiger partial charge < -0.3 is 10.8 Å². The van der Waals surface area contributed by atoms with Crippen LogP contribution in [0.2, 0.25) is 10.0 Å². The van der Waals surface area contributed by atoms with Crippen molar-refractivity contribution < 1.29 is 9.90 Å². The lowest BCUT2D eigenvalue weighted by atomic mass is 10.2. The predicted molar refractivity (Wildman–Crippen MR) is 58.4 cm³/mol. The molecule has 0 aliphatic rings. The van der Waals surface area contributed by atoms with Crippen molar-refractivity contribution in [3.63, 3.8) is 0 Å². The highest BCUT2D eigenvalue weighted by atomic mass is 35.5. The lowest BCUT2D eigenvalue weighted by Gasteiger charge is -2.01. The van der Waals surface area contributed by atoms with Crippen LogP contribution < -0.4 is 11.2 Å². The zero-order valence-electron chi connectivity index (χ0n) is 7.37. The molecule has 0 saturated carbocycles. The van der Waals surface area contributed by atoms with Crippen molar-refractivity contribution in [2.24, 2.45) is 10.8 Å². The van der Waals surface area contributed by atoms with Crippen molar-refractivity contribution in [2.75, 3.05) is 0 Å². The smallest absolute Gasteiger partial charge is 0.332 e. The molecule has 0 bridgehead atoms. The van der Waals surface area contributed by atoms with E-state index in [1.54, 1.807) is 0 Å². The highest BCUT2D eigenvalue weighted by Crippen LogP contribution is 2.29. The van der Waals surface area contributed by atoms with Crippen LogP contribution in [0.1, 0.15) is 5.56 Å². The van der Waals surface area contributed by atoms with Gasteiger partial charge in [-0.25, -0.2) is 10.2 Å². The maximum absolute atomic E-state index is 10.3. The van der Waals surface area contributed by atoms with Crippen molar-refractivity contribution in [1.29, 1.82) is 0 Å². The number of phenolic OH excluding ortho intramolecular Hbond substituents is 1. The number of nitrogens with one attached hydrogen (secondary N) is 1. The zero-order chi connectivity index (χ0) is 11.4. The number of primary amides is 1. The Balaban J connectivity index is 2.94. The Kier molecular flexibility index (Phi) is 3.76. The summed E-state index contributed by atoms with van der Waals surface area (Å²) < 4.78 is 0. The molecule has 0 spiro atoms. The molecule has 80 valence electrons. The fraction of sp³-hybridized carbons (Fsp3) is 0. The summed E-state index contributed by atoms with van der Waals surface area (Å²) in [6, 6.07) is 2.02. The SMILES string of the molecule is NC(=O)N/N=C/c1cc(Cl)cc(Cl)c1O. The number of nitrogens with two attached hydrogens (primary N) is 1. The van der Waals surface area contributed by atoms with Crippen LogP contribution in [-0.2, 0) is 0 Å². The molecule has 0 aromatic heterocycles. The molecule has 4 N–H and O–H groups in total. The second kappa shape index (κ2) is 4.86. The Labute approximate surface area is 95.5 Å². The maximum Gasteiger partial charge on any atom is 0.332 e. The number of nitrogens with zero attached hydrogens (tertiary/aromatic N) is 1. The van der Waals surface area contributed by atoms with Gasteiger partial charge in [0.25, 0.3) is 0 Å². The number of carbonyl (C=O) groups is 1. The zero-order valence-corrected chi connectivity index (χ0v) is 8.88. The Hall–Kier alpha value is -1.46. The highest BCUT2D eigenvalue weighted by molar-refractivity contribution is 6.36. The maximum atomic E-state index is 10.3. The van der Waals surface area contributed by atoms with Gasteiger partial charge in [-0.2, -0.15) is 5.10 Å². The fourth-order valence-corrected chi connectivity index (χ4v) is 1.36. The van der Waals surface area contributed by atoms with Gasteiger partial charge in [0.05, 0.1) is 11.2 Å². The van der Waals surface area contributed by atoms with Crippen molar-refractivity contribution in [3.05, 3.63) is 27.7 Å². The first-order valence-corrected chi connectivity index (χ1v) is 4.53. The molecule has 7 heteroatoms. The first-order chi connectivity index (χ1) is 7.00. The van der Waals surface area contributed by atoms with E-state index in [0.717, 1.165) is 0 Å². The van der Waals surface area contributed by atoms with Gasteiger partial charge in [0, 0.05) is 10.6 Å². The number of carbonyl (C=O) groups excluding carboxylic acids is 1. The number of amides is 2. The van der Waals surface area contributed by atoms with E-state index in [0.29, 0.717) is 5.02 Å². The molecule has 0 fully saturated rings. The molecule has 0 unspecified atom stereocenters. The average molecular weight is 248 g/mol. The van der Waals surface area contributed by atoms with Crippen LogP contribution >= 0.6 is 23.2 Å². The van der Waals surface area contributed by atoms with Crippen LogP contribution in [-0.4, -0.2) is 17.4 Å². The molecule has 2 amide bonds. The van der Waals surface area contributed by atoms with E-state index in [9.17, 15) is 9.90 Å².